The van der Waals surface area contributed by atoms with E-state index in [9.17, 15) is 9.90 Å². The zero-order chi connectivity index (χ0) is 28.5. The van der Waals surface area contributed by atoms with E-state index in [1.54, 1.807) is 0 Å². The number of piperazine rings is 1. The number of amides is 1. The minimum Gasteiger partial charge on any atom is -0.462 e. The van der Waals surface area contributed by atoms with E-state index in [1.165, 1.54) is 22.5 Å². The Morgan fingerprint density at radius 2 is 1.85 bits per heavy atom. The molecule has 41 heavy (non-hydrogen) atoms. The largest absolute Gasteiger partial charge is 0.462 e. The third-order valence-corrected chi connectivity index (χ3v) is 8.63. The lowest BCUT2D eigenvalue weighted by Gasteiger charge is -2.38. The molecule has 2 fully saturated rings. The second kappa shape index (κ2) is 11.5. The van der Waals surface area contributed by atoms with Gasteiger partial charge in [-0.3, -0.25) is 9.69 Å². The van der Waals surface area contributed by atoms with Crippen molar-refractivity contribution in [2.75, 3.05) is 62.7 Å². The molecule has 3 aliphatic heterocycles. The number of anilines is 2. The standard InChI is InChI=1S/C32H38N6O3/c1-4-22-8-6-9-23-10-7-11-28(30(22)23)38-13-12-26-27(20-38)33-32(41-21-24-18-25(39)19-35(24)3)34-31(26)37-16-14-36(15-17-37)29(40)5-2/h4-11,24-25,39H,1-2,12-21H2,3H3/t24-,25?/m0/s1. The number of fused-ring (bicyclic) bond motifs is 2. The Balaban J connectivity index is 1.32. The zero-order valence-electron chi connectivity index (χ0n) is 23.7. The highest BCUT2D eigenvalue weighted by Crippen LogP contribution is 2.36. The third kappa shape index (κ3) is 5.39. The van der Waals surface area contributed by atoms with E-state index in [0.717, 1.165) is 35.6 Å². The second-order valence-electron chi connectivity index (χ2n) is 11.2. The van der Waals surface area contributed by atoms with Crippen molar-refractivity contribution in [3.05, 3.63) is 72.5 Å². The average molecular weight is 555 g/mol. The summed E-state index contributed by atoms with van der Waals surface area (Å²) in [6.07, 6.45) is 4.45. The van der Waals surface area contributed by atoms with Crippen LogP contribution in [0.4, 0.5) is 11.5 Å². The van der Waals surface area contributed by atoms with Gasteiger partial charge in [0.25, 0.3) is 0 Å². The molecular weight excluding hydrogens is 516 g/mol. The van der Waals surface area contributed by atoms with Gasteiger partial charge in [0.2, 0.25) is 5.91 Å². The number of carbonyl (C=O) groups is 1. The Bertz CT molecular complexity index is 1460. The van der Waals surface area contributed by atoms with Crippen molar-refractivity contribution in [1.82, 2.24) is 19.8 Å². The van der Waals surface area contributed by atoms with E-state index >= 15 is 0 Å². The minimum absolute atomic E-state index is 0.0362. The Morgan fingerprint density at radius 1 is 1.07 bits per heavy atom. The lowest BCUT2D eigenvalue weighted by Crippen LogP contribution is -2.49. The van der Waals surface area contributed by atoms with Crippen LogP contribution < -0.4 is 14.5 Å². The van der Waals surface area contributed by atoms with E-state index in [1.807, 2.05) is 18.0 Å². The van der Waals surface area contributed by atoms with Gasteiger partial charge in [0.1, 0.15) is 12.4 Å². The van der Waals surface area contributed by atoms with Gasteiger partial charge in [-0.2, -0.15) is 9.97 Å². The normalized spacial score (nSPS) is 21.2. The highest BCUT2D eigenvalue weighted by molar-refractivity contribution is 6.00. The number of hydrogen-bond donors (Lipinski definition) is 1. The monoisotopic (exact) mass is 554 g/mol. The van der Waals surface area contributed by atoms with Crippen LogP contribution in [-0.4, -0.2) is 95.9 Å². The van der Waals surface area contributed by atoms with Crippen molar-refractivity contribution < 1.29 is 14.6 Å². The Hall–Kier alpha value is -3.95. The predicted molar refractivity (Wildman–Crippen MR) is 162 cm³/mol. The molecule has 1 unspecified atom stereocenters. The first-order chi connectivity index (χ1) is 19.9. The summed E-state index contributed by atoms with van der Waals surface area (Å²) in [5.41, 5.74) is 4.40. The molecule has 1 aromatic heterocycles. The molecule has 0 saturated carbocycles. The van der Waals surface area contributed by atoms with Crippen LogP contribution in [0.1, 0.15) is 23.2 Å². The number of β-amino-alcohol motifs (C(OH)–C–C–N with tert-alkyl or cyclic N) is 1. The van der Waals surface area contributed by atoms with Crippen LogP contribution in [0, 0.1) is 0 Å². The maximum atomic E-state index is 12.2. The molecule has 3 aliphatic rings. The van der Waals surface area contributed by atoms with Crippen LogP contribution in [0.5, 0.6) is 6.01 Å². The molecule has 2 saturated heterocycles. The van der Waals surface area contributed by atoms with Crippen LogP contribution in [0.15, 0.2) is 55.6 Å². The molecule has 4 heterocycles. The molecular formula is C32H38N6O3. The maximum absolute atomic E-state index is 12.2. The van der Waals surface area contributed by atoms with E-state index in [4.69, 9.17) is 14.7 Å². The zero-order valence-corrected chi connectivity index (χ0v) is 23.7. The number of aliphatic hydroxyl groups is 1. The third-order valence-electron chi connectivity index (χ3n) is 8.63. The Labute approximate surface area is 241 Å². The van der Waals surface area contributed by atoms with E-state index < -0.39 is 0 Å². The molecule has 2 aromatic carbocycles. The van der Waals surface area contributed by atoms with Gasteiger partial charge in [-0.05, 0) is 43.0 Å². The Morgan fingerprint density at radius 3 is 2.56 bits per heavy atom. The van der Waals surface area contributed by atoms with E-state index in [-0.39, 0.29) is 18.1 Å². The van der Waals surface area contributed by atoms with Crippen LogP contribution in [0.3, 0.4) is 0 Å². The second-order valence-corrected chi connectivity index (χ2v) is 11.2. The average Bonchev–Trinajstić information content (AvgIpc) is 3.34. The van der Waals surface area contributed by atoms with Gasteiger partial charge in [0.05, 0.1) is 18.3 Å². The fraction of sp³-hybridized carbons (Fsp3) is 0.406. The first-order valence-corrected chi connectivity index (χ1v) is 14.4. The van der Waals surface area contributed by atoms with Gasteiger partial charge in [-0.25, -0.2) is 0 Å². The molecule has 2 atom stereocenters. The fourth-order valence-electron chi connectivity index (χ4n) is 6.39. The van der Waals surface area contributed by atoms with Gasteiger partial charge in [0, 0.05) is 61.9 Å². The van der Waals surface area contributed by atoms with Crippen LogP contribution >= 0.6 is 0 Å². The number of ether oxygens (including phenoxy) is 1. The van der Waals surface area contributed by atoms with Crippen molar-refractivity contribution in [1.29, 1.82) is 0 Å². The number of hydrogen-bond acceptors (Lipinski definition) is 8. The number of carbonyl (C=O) groups excluding carboxylic acids is 1. The van der Waals surface area contributed by atoms with Gasteiger partial charge in [-0.15, -0.1) is 0 Å². The fourth-order valence-corrected chi connectivity index (χ4v) is 6.39. The lowest BCUT2D eigenvalue weighted by molar-refractivity contribution is -0.126. The number of likely N-dealkylation sites (N-methyl/N-ethyl adjacent to an activating group) is 1. The first-order valence-electron chi connectivity index (χ1n) is 14.4. The number of likely N-dealkylation sites (tertiary alicyclic amines) is 1. The summed E-state index contributed by atoms with van der Waals surface area (Å²) in [4.78, 5) is 30.7. The van der Waals surface area contributed by atoms with E-state index in [0.29, 0.717) is 58.3 Å². The molecule has 3 aromatic rings. The molecule has 0 spiro atoms. The number of aliphatic hydroxyl groups excluding tert-OH is 1. The maximum Gasteiger partial charge on any atom is 0.318 e. The first kappa shape index (κ1) is 27.2. The molecule has 9 nitrogen and oxygen atoms in total. The number of benzene rings is 2. The predicted octanol–water partition coefficient (Wildman–Crippen LogP) is 3.11. The van der Waals surface area contributed by atoms with Crippen molar-refractivity contribution in [2.24, 2.45) is 0 Å². The summed E-state index contributed by atoms with van der Waals surface area (Å²) in [6.45, 7) is 12.9. The molecule has 0 aliphatic carbocycles. The SMILES string of the molecule is C=CC(=O)N1CCN(c2nc(OC[C@@H]3CC(O)CN3C)nc3c2CCN(c2cccc4cccc(C=C)c24)C3)CC1. The van der Waals surface area contributed by atoms with Gasteiger partial charge in [-0.1, -0.05) is 49.6 Å². The number of rotatable bonds is 7. The highest BCUT2D eigenvalue weighted by atomic mass is 16.5. The summed E-state index contributed by atoms with van der Waals surface area (Å²) in [6, 6.07) is 13.2. The van der Waals surface area contributed by atoms with Gasteiger partial charge in [0.15, 0.2) is 0 Å². The van der Waals surface area contributed by atoms with Gasteiger partial charge >= 0.3 is 6.01 Å². The van der Waals surface area contributed by atoms with Crippen LogP contribution in [0.2, 0.25) is 0 Å². The highest BCUT2D eigenvalue weighted by Gasteiger charge is 2.31. The number of aromatic nitrogens is 2. The van der Waals surface area contributed by atoms with E-state index in [2.05, 4.69) is 64.3 Å². The molecule has 1 amide bonds. The van der Waals surface area contributed by atoms with Crippen molar-refractivity contribution >= 4 is 34.3 Å². The van der Waals surface area contributed by atoms with Gasteiger partial charge < -0.3 is 24.5 Å². The number of nitrogens with zero attached hydrogens (tertiary/aromatic N) is 6. The quantitative estimate of drug-likeness (QED) is 0.446. The summed E-state index contributed by atoms with van der Waals surface area (Å²) in [5.74, 6) is 0.866. The Kier molecular flexibility index (Phi) is 7.64. The summed E-state index contributed by atoms with van der Waals surface area (Å²) in [7, 11) is 2.01. The van der Waals surface area contributed by atoms with Crippen LogP contribution in [-0.2, 0) is 17.8 Å². The molecule has 1 N–H and O–H groups in total. The minimum atomic E-state index is -0.335. The smallest absolute Gasteiger partial charge is 0.318 e. The lowest BCUT2D eigenvalue weighted by atomic mass is 9.99. The van der Waals surface area contributed by atoms with Crippen LogP contribution in [0.25, 0.3) is 16.8 Å². The molecule has 0 bridgehead atoms. The molecule has 0 radical (unpaired) electrons. The summed E-state index contributed by atoms with van der Waals surface area (Å²) >= 11 is 0. The molecule has 6 rings (SSSR count). The summed E-state index contributed by atoms with van der Waals surface area (Å²) < 4.78 is 6.22. The van der Waals surface area contributed by atoms with Crippen molar-refractivity contribution in [3.63, 3.8) is 0 Å². The van der Waals surface area contributed by atoms with Crippen molar-refractivity contribution in [2.45, 2.75) is 31.5 Å². The summed E-state index contributed by atoms with van der Waals surface area (Å²) in [5, 5.41) is 12.5. The van der Waals surface area contributed by atoms with Crippen molar-refractivity contribution in [3.8, 4) is 6.01 Å². The topological polar surface area (TPSA) is 85.3 Å². The molecule has 214 valence electrons. The molecule has 9 heteroatoms.